The van der Waals surface area contributed by atoms with Gasteiger partial charge < -0.3 is 10.1 Å². The average Bonchev–Trinajstić information content (AvgIpc) is 3.19. The van der Waals surface area contributed by atoms with Crippen molar-refractivity contribution in [3.63, 3.8) is 0 Å². The summed E-state index contributed by atoms with van der Waals surface area (Å²) in [6, 6.07) is 15.6. The van der Waals surface area contributed by atoms with E-state index in [0.717, 1.165) is 50.8 Å². The number of nitrogens with one attached hydrogen (secondary N) is 1. The average molecular weight is 527 g/mol. The minimum absolute atomic E-state index is 0.0151. The Morgan fingerprint density at radius 2 is 2.03 bits per heavy atom. The monoisotopic (exact) mass is 526 g/mol. The normalized spacial score (nSPS) is 15.2. The van der Waals surface area contributed by atoms with E-state index in [1.165, 1.54) is 0 Å². The molecule has 1 aliphatic rings. The number of hydrogen-bond donors (Lipinski definition) is 1. The van der Waals surface area contributed by atoms with Crippen molar-refractivity contribution < 1.29 is 9.53 Å². The van der Waals surface area contributed by atoms with Gasteiger partial charge in [-0.1, -0.05) is 65.3 Å². The molecule has 2 aromatic carbocycles. The first-order chi connectivity index (χ1) is 16.0. The quantitative estimate of drug-likeness (QED) is 0.257. The second-order valence-electron chi connectivity index (χ2n) is 7.97. The Morgan fingerprint density at radius 1 is 1.24 bits per heavy atom. The van der Waals surface area contributed by atoms with E-state index in [9.17, 15) is 4.79 Å². The molecule has 0 fully saturated rings. The minimum Gasteiger partial charge on any atom is -0.489 e. The van der Waals surface area contributed by atoms with Crippen LogP contribution in [-0.4, -0.2) is 26.3 Å². The highest BCUT2D eigenvalue weighted by Gasteiger charge is 2.32. The summed E-state index contributed by atoms with van der Waals surface area (Å²) in [4.78, 5) is 17.2. The second-order valence-corrected chi connectivity index (χ2v) is 9.95. The summed E-state index contributed by atoms with van der Waals surface area (Å²) in [5, 5.41) is 8.73. The fourth-order valence-corrected chi connectivity index (χ4v) is 5.16. The molecule has 1 aliphatic heterocycles. The lowest BCUT2D eigenvalue weighted by Gasteiger charge is -2.28. The van der Waals surface area contributed by atoms with Crippen LogP contribution in [0.25, 0.3) is 0 Å². The molecule has 1 unspecified atom stereocenters. The fourth-order valence-electron chi connectivity index (χ4n) is 3.80. The molecule has 0 aliphatic carbocycles. The van der Waals surface area contributed by atoms with Gasteiger partial charge in [0.25, 0.3) is 0 Å². The first-order valence-corrected chi connectivity index (χ1v) is 12.8. The van der Waals surface area contributed by atoms with Gasteiger partial charge in [-0.15, -0.1) is 5.10 Å². The Hall–Kier alpha value is -2.58. The van der Waals surface area contributed by atoms with Crippen molar-refractivity contribution in [2.24, 2.45) is 0 Å². The van der Waals surface area contributed by atoms with E-state index in [4.69, 9.17) is 9.84 Å². The predicted octanol–water partition coefficient (Wildman–Crippen LogP) is 6.39. The molecule has 33 heavy (non-hydrogen) atoms. The third-order valence-electron chi connectivity index (χ3n) is 5.43. The van der Waals surface area contributed by atoms with Gasteiger partial charge in [-0.25, -0.2) is 4.68 Å². The molecule has 0 radical (unpaired) electrons. The van der Waals surface area contributed by atoms with E-state index in [2.05, 4.69) is 33.2 Å². The molecule has 0 saturated heterocycles. The minimum atomic E-state index is -0.328. The van der Waals surface area contributed by atoms with Crippen LogP contribution >= 0.6 is 27.7 Å². The number of carbonyl (C=O) groups is 1. The van der Waals surface area contributed by atoms with Gasteiger partial charge in [-0.05, 0) is 55.7 Å². The second kappa shape index (κ2) is 10.6. The van der Waals surface area contributed by atoms with E-state index in [0.29, 0.717) is 18.1 Å². The summed E-state index contributed by atoms with van der Waals surface area (Å²) in [6.45, 7) is 6.17. The van der Waals surface area contributed by atoms with Crippen molar-refractivity contribution in [1.29, 1.82) is 0 Å². The molecule has 1 aromatic heterocycles. The molecular weight excluding hydrogens is 500 g/mol. The van der Waals surface area contributed by atoms with Crippen LogP contribution in [0, 0.1) is 0 Å². The van der Waals surface area contributed by atoms with Gasteiger partial charge >= 0.3 is 0 Å². The van der Waals surface area contributed by atoms with E-state index in [-0.39, 0.29) is 11.8 Å². The summed E-state index contributed by atoms with van der Waals surface area (Å²) in [6.07, 6.45) is 2.25. The number of ether oxygens (including phenoxy) is 1. The van der Waals surface area contributed by atoms with Crippen molar-refractivity contribution in [2.45, 2.75) is 51.4 Å². The zero-order valence-corrected chi connectivity index (χ0v) is 21.4. The molecule has 0 amide bonds. The van der Waals surface area contributed by atoms with Crippen LogP contribution in [-0.2, 0) is 11.4 Å². The summed E-state index contributed by atoms with van der Waals surface area (Å²) in [5.74, 6) is 2.42. The summed E-state index contributed by atoms with van der Waals surface area (Å²) in [5.41, 5.74) is 3.56. The van der Waals surface area contributed by atoms with E-state index in [1.807, 2.05) is 60.1 Å². The Labute approximate surface area is 207 Å². The molecule has 2 heterocycles. The van der Waals surface area contributed by atoms with Crippen molar-refractivity contribution >= 4 is 39.4 Å². The van der Waals surface area contributed by atoms with Crippen molar-refractivity contribution in [3.8, 4) is 5.75 Å². The molecule has 3 aromatic rings. The zero-order valence-electron chi connectivity index (χ0n) is 19.0. The van der Waals surface area contributed by atoms with Crippen LogP contribution in [0.4, 0.5) is 5.95 Å². The number of unbranched alkanes of at least 4 members (excludes halogenated alkanes) is 1. The van der Waals surface area contributed by atoms with E-state index < -0.39 is 0 Å². The van der Waals surface area contributed by atoms with Gasteiger partial charge in [0.1, 0.15) is 18.4 Å². The van der Waals surface area contributed by atoms with Crippen LogP contribution in [0.3, 0.4) is 0 Å². The van der Waals surface area contributed by atoms with Crippen LogP contribution in [0.1, 0.15) is 50.8 Å². The summed E-state index contributed by atoms with van der Waals surface area (Å²) < 4.78 is 8.82. The lowest BCUT2D eigenvalue weighted by Crippen LogP contribution is -2.27. The van der Waals surface area contributed by atoms with Crippen LogP contribution in [0.5, 0.6) is 5.75 Å². The maximum Gasteiger partial charge on any atom is 0.227 e. The van der Waals surface area contributed by atoms with Gasteiger partial charge in [0.15, 0.2) is 5.78 Å². The number of hydrogen-bond acceptors (Lipinski definition) is 6. The van der Waals surface area contributed by atoms with E-state index in [1.54, 1.807) is 18.7 Å². The molecule has 6 nitrogen and oxygen atoms in total. The standard InChI is InChI=1S/C25H27BrN4O2S/c1-4-5-13-33-25-28-24-27-16(2)22(17(3)31)23(30(24)29-25)19-9-11-21(12-10-19)32-15-18-7-6-8-20(26)14-18/h6-12,14,23H,4-5,13,15H2,1-3H3,(H,27,28,29). The lowest BCUT2D eigenvalue weighted by molar-refractivity contribution is -0.114. The molecule has 0 spiro atoms. The van der Waals surface area contributed by atoms with Crippen molar-refractivity contribution in [3.05, 3.63) is 75.4 Å². The van der Waals surface area contributed by atoms with Crippen LogP contribution in [0.15, 0.2) is 69.4 Å². The number of carbonyl (C=O) groups excluding carboxylic acids is 1. The third-order valence-corrected chi connectivity index (χ3v) is 6.85. The molecule has 8 heteroatoms. The molecule has 1 N–H and O–H groups in total. The molecule has 0 bridgehead atoms. The number of allylic oxidation sites excluding steroid dienone is 2. The fraction of sp³-hybridized carbons (Fsp3) is 0.320. The Morgan fingerprint density at radius 3 is 2.73 bits per heavy atom. The van der Waals surface area contributed by atoms with Crippen LogP contribution < -0.4 is 10.1 Å². The van der Waals surface area contributed by atoms with Gasteiger partial charge in [-0.3, -0.25) is 4.79 Å². The number of thioether (sulfide) groups is 1. The first kappa shape index (κ1) is 23.6. The maximum atomic E-state index is 12.6. The highest BCUT2D eigenvalue weighted by Crippen LogP contribution is 2.37. The van der Waals surface area contributed by atoms with Crippen molar-refractivity contribution in [2.75, 3.05) is 11.1 Å². The van der Waals surface area contributed by atoms with Gasteiger partial charge in [0.2, 0.25) is 11.1 Å². The lowest BCUT2D eigenvalue weighted by atomic mass is 9.93. The third kappa shape index (κ3) is 5.50. The number of anilines is 1. The van der Waals surface area contributed by atoms with Crippen LogP contribution in [0.2, 0.25) is 0 Å². The SMILES string of the molecule is CCCCSc1nc2n(n1)C(c1ccc(OCc3cccc(Br)c3)cc1)C(C(C)=O)=C(C)N2. The predicted molar refractivity (Wildman–Crippen MR) is 136 cm³/mol. The topological polar surface area (TPSA) is 69.0 Å². The Balaban J connectivity index is 1.58. The van der Waals surface area contributed by atoms with Gasteiger partial charge in [0, 0.05) is 21.5 Å². The number of ketones is 1. The number of halogens is 1. The molecular formula is C25H27BrN4O2S. The summed E-state index contributed by atoms with van der Waals surface area (Å²) in [7, 11) is 0. The highest BCUT2D eigenvalue weighted by molar-refractivity contribution is 9.10. The Kier molecular flexibility index (Phi) is 7.55. The van der Waals surface area contributed by atoms with E-state index >= 15 is 0 Å². The number of Topliss-reactive ketones (excluding diaryl/α,β-unsaturated/α-hetero) is 1. The van der Waals surface area contributed by atoms with Crippen molar-refractivity contribution in [1.82, 2.24) is 14.8 Å². The molecule has 1 atom stereocenters. The van der Waals surface area contributed by atoms with Gasteiger partial charge in [-0.2, -0.15) is 4.98 Å². The molecule has 0 saturated carbocycles. The molecule has 172 valence electrons. The van der Waals surface area contributed by atoms with Gasteiger partial charge in [0.05, 0.1) is 0 Å². The summed E-state index contributed by atoms with van der Waals surface area (Å²) >= 11 is 5.13. The first-order valence-electron chi connectivity index (χ1n) is 11.0. The number of fused-ring (bicyclic) bond motifs is 1. The number of rotatable bonds is 9. The largest absolute Gasteiger partial charge is 0.489 e. The number of benzene rings is 2. The number of nitrogens with zero attached hydrogens (tertiary/aromatic N) is 3. The maximum absolute atomic E-state index is 12.6. The molecule has 4 rings (SSSR count). The highest BCUT2D eigenvalue weighted by atomic mass is 79.9. The zero-order chi connectivity index (χ0) is 23.4. The number of aromatic nitrogens is 3. The smallest absolute Gasteiger partial charge is 0.227 e. The Bertz CT molecular complexity index is 1170.